The van der Waals surface area contributed by atoms with Crippen LogP contribution in [0.4, 0.5) is 0 Å². The van der Waals surface area contributed by atoms with Crippen LogP contribution in [0.2, 0.25) is 78.6 Å². The van der Waals surface area contributed by atoms with Crippen molar-refractivity contribution in [2.24, 2.45) is 0 Å². The summed E-state index contributed by atoms with van der Waals surface area (Å²) in [5, 5.41) is 19.5. The Morgan fingerprint density at radius 1 is 0.364 bits per heavy atom. The van der Waals surface area contributed by atoms with Gasteiger partial charge in [0.2, 0.25) is 0 Å². The van der Waals surface area contributed by atoms with Crippen molar-refractivity contribution in [1.29, 1.82) is 0 Å². The summed E-state index contributed by atoms with van der Waals surface area (Å²) in [7, 11) is -4.42. The van der Waals surface area contributed by atoms with Gasteiger partial charge < -0.3 is 39.7 Å². The van der Waals surface area contributed by atoms with Gasteiger partial charge in [-0.15, -0.1) is 0 Å². The zero-order valence-electron chi connectivity index (χ0n) is 32.9. The second-order valence-electron chi connectivity index (χ2n) is 14.2. The Morgan fingerprint density at radius 3 is 0.523 bits per heavy atom. The van der Waals surface area contributed by atoms with E-state index in [1.54, 1.807) is 0 Å². The number of hydrogen-bond donors (Lipinski definition) is 0. The van der Waals surface area contributed by atoms with E-state index in [1.807, 2.05) is 75.0 Å². The Morgan fingerprint density at radius 2 is 0.477 bits per heavy atom. The molecule has 0 fully saturated rings. The van der Waals surface area contributed by atoms with Crippen molar-refractivity contribution in [1.82, 2.24) is 19.6 Å². The van der Waals surface area contributed by atoms with E-state index in [0.29, 0.717) is 11.9 Å². The fraction of sp³-hybridized carbons (Fsp3) is 0.933. The Bertz CT molecular complexity index is 566. The molecule has 0 atom stereocenters. The van der Waals surface area contributed by atoms with Crippen LogP contribution >= 0.6 is 0 Å². The summed E-state index contributed by atoms with van der Waals surface area (Å²) in [6.07, 6.45) is 0. The van der Waals surface area contributed by atoms with Crippen molar-refractivity contribution in [3.63, 3.8) is 0 Å². The van der Waals surface area contributed by atoms with Gasteiger partial charge in [-0.25, -0.2) is 0 Å². The molecule has 268 valence electrons. The molecule has 0 spiro atoms. The summed E-state index contributed by atoms with van der Waals surface area (Å²) in [5.74, 6) is 0.815. The molecule has 0 bridgehead atoms. The standard InChI is InChI=1S/2C9H20N3.2C6H18NSi2.2Fe/c2*1-5-11(6-2)9(10)12(7-3)8-4;2*1-8(2,3)7-9(4,5)6;;/h2*5-8H2,1-4H3;2*1-6H3;;/q4*-1;2*+2. The summed E-state index contributed by atoms with van der Waals surface area (Å²) < 4.78 is 9.64. The van der Waals surface area contributed by atoms with Crippen molar-refractivity contribution >= 4 is 44.9 Å². The second-order valence-corrected chi connectivity index (χ2v) is 33.4. The monoisotopic (exact) mass is 772 g/mol. The van der Waals surface area contributed by atoms with Crippen LogP contribution in [-0.4, -0.2) is 117 Å². The third-order valence-electron chi connectivity index (χ3n) is 5.53. The van der Waals surface area contributed by atoms with Crippen LogP contribution in [0.5, 0.6) is 0 Å². The Hall–Kier alpha value is 0.366. The fourth-order valence-electron chi connectivity index (χ4n) is 4.44. The molecular formula is C30H76Fe2N8Si4. The molecule has 0 heterocycles. The first-order chi connectivity index (χ1) is 18.8. The van der Waals surface area contributed by atoms with Gasteiger partial charge in [-0.05, 0) is 52.4 Å². The van der Waals surface area contributed by atoms with Crippen molar-refractivity contribution < 1.29 is 34.1 Å². The molecule has 0 amide bonds. The van der Waals surface area contributed by atoms with Crippen LogP contribution < -0.4 is 0 Å². The maximum Gasteiger partial charge on any atom is 2.00 e. The maximum absolute atomic E-state index is 9.74. The molecule has 0 radical (unpaired) electrons. The van der Waals surface area contributed by atoms with Crippen LogP contribution in [0, 0.1) is 0 Å². The molecule has 0 aliphatic rings. The second kappa shape index (κ2) is 28.4. The minimum Gasteiger partial charge on any atom is -0.668 e. The van der Waals surface area contributed by atoms with Gasteiger partial charge in [-0.1, -0.05) is 167 Å². The fourth-order valence-corrected chi connectivity index (χ4v) is 20.5. The van der Waals surface area contributed by atoms with Crippen LogP contribution in [0.1, 0.15) is 55.4 Å². The molecule has 0 unspecified atom stereocenters. The molecule has 14 heteroatoms. The van der Waals surface area contributed by atoms with Gasteiger partial charge in [0.05, 0.1) is 0 Å². The minimum atomic E-state index is -1.11. The van der Waals surface area contributed by atoms with E-state index < -0.39 is 32.9 Å². The Labute approximate surface area is 303 Å². The van der Waals surface area contributed by atoms with Crippen molar-refractivity contribution in [2.75, 3.05) is 52.4 Å². The molecule has 0 aromatic heterocycles. The normalized spacial score (nSPS) is 11.0. The first-order valence-corrected chi connectivity index (χ1v) is 30.2. The molecule has 0 rings (SSSR count). The van der Waals surface area contributed by atoms with Gasteiger partial charge in [0.1, 0.15) is 0 Å². The van der Waals surface area contributed by atoms with E-state index in [1.165, 1.54) is 0 Å². The molecule has 0 aromatic rings. The zero-order valence-corrected chi connectivity index (χ0v) is 39.2. The first-order valence-electron chi connectivity index (χ1n) is 16.4. The molecular weight excluding hydrogens is 696 g/mol. The summed E-state index contributed by atoms with van der Waals surface area (Å²) >= 11 is 0. The molecule has 0 saturated heterocycles. The predicted octanol–water partition coefficient (Wildman–Crippen LogP) is 9.25. The predicted molar refractivity (Wildman–Crippen MR) is 209 cm³/mol. The summed E-state index contributed by atoms with van der Waals surface area (Å²) in [4.78, 5) is 7.81. The average Bonchev–Trinajstić information content (AvgIpc) is 2.79. The topological polar surface area (TPSA) is 85.8 Å². The summed E-state index contributed by atoms with van der Waals surface area (Å²) in [6.45, 7) is 50.8. The van der Waals surface area contributed by atoms with Gasteiger partial charge >= 0.3 is 34.1 Å². The smallest absolute Gasteiger partial charge is 0.668 e. The molecule has 0 aromatic carbocycles. The first kappa shape index (κ1) is 56.7. The number of hydrogen-bond acceptors (Lipinski definition) is 0. The number of nitrogens with zero attached hydrogens (tertiary/aromatic N) is 8. The van der Waals surface area contributed by atoms with E-state index in [0.717, 1.165) is 52.4 Å². The quantitative estimate of drug-likeness (QED) is 0.113. The maximum atomic E-state index is 9.74. The average molecular weight is 773 g/mol. The van der Waals surface area contributed by atoms with Crippen LogP contribution in [0.15, 0.2) is 0 Å². The van der Waals surface area contributed by atoms with Crippen molar-refractivity contribution in [3.8, 4) is 0 Å². The molecule has 0 aliphatic carbocycles. The molecule has 0 saturated carbocycles. The number of guanidine groups is 2. The van der Waals surface area contributed by atoms with Gasteiger partial charge in [-0.2, -0.15) is 0 Å². The Balaban J connectivity index is -0.000000109. The van der Waals surface area contributed by atoms with E-state index in [-0.39, 0.29) is 34.1 Å². The van der Waals surface area contributed by atoms with Gasteiger partial charge in [0.25, 0.3) is 0 Å². The summed E-state index contributed by atoms with van der Waals surface area (Å²) in [6, 6.07) is 0. The van der Waals surface area contributed by atoms with Crippen LogP contribution in [0.25, 0.3) is 20.1 Å². The minimum absolute atomic E-state index is 0. The van der Waals surface area contributed by atoms with E-state index >= 15 is 0 Å². The van der Waals surface area contributed by atoms with E-state index in [4.69, 9.17) is 9.30 Å². The molecule has 0 N–H and O–H groups in total. The summed E-state index contributed by atoms with van der Waals surface area (Å²) in [5.41, 5.74) is 0. The van der Waals surface area contributed by atoms with Gasteiger partial charge in [-0.3, -0.25) is 0 Å². The SMILES string of the molecule is CCN(CC)C(=[N-])N(CC)CC.CCN(CC)C(=[N-])N(CC)CC.C[Si](C)(C)[N-][Si](C)(C)C.C[Si](C)(C)[N-][Si](C)(C)C.[Fe+2].[Fe+2]. The number of rotatable bonds is 12. The third kappa shape index (κ3) is 36.8. The van der Waals surface area contributed by atoms with Gasteiger partial charge in [0, 0.05) is 11.9 Å². The van der Waals surface area contributed by atoms with Crippen LogP contribution in [-0.2, 0) is 34.1 Å². The molecule has 44 heavy (non-hydrogen) atoms. The van der Waals surface area contributed by atoms with Crippen molar-refractivity contribution in [3.05, 3.63) is 20.1 Å². The van der Waals surface area contributed by atoms with Crippen LogP contribution in [0.3, 0.4) is 0 Å². The van der Waals surface area contributed by atoms with Crippen molar-refractivity contribution in [2.45, 2.75) is 134 Å². The third-order valence-corrected chi connectivity index (χ3v) is 16.3. The van der Waals surface area contributed by atoms with Gasteiger partial charge in [0.15, 0.2) is 0 Å². The largest absolute Gasteiger partial charge is 2.00 e. The zero-order chi connectivity index (χ0) is 34.5. The van der Waals surface area contributed by atoms with E-state index in [2.05, 4.69) is 78.6 Å². The molecule has 8 nitrogen and oxygen atoms in total. The molecule has 0 aliphatic heterocycles. The Kier molecular flexibility index (Phi) is 36.6. The van der Waals surface area contributed by atoms with E-state index in [9.17, 15) is 10.8 Å².